The lowest BCUT2D eigenvalue weighted by molar-refractivity contribution is -0.122. The molecule has 94 valence electrons. The zero-order valence-electron chi connectivity index (χ0n) is 10.6. The molecular formula is C11H24N4O. The van der Waals surface area contributed by atoms with Crippen LogP contribution in [0.4, 0.5) is 0 Å². The summed E-state index contributed by atoms with van der Waals surface area (Å²) in [5, 5.41) is 2.92. The van der Waals surface area contributed by atoms with E-state index in [0.29, 0.717) is 19.0 Å². The smallest absolute Gasteiger partial charge is 0.236 e. The van der Waals surface area contributed by atoms with Gasteiger partial charge in [-0.3, -0.25) is 9.69 Å². The molecule has 1 heterocycles. The molecule has 1 aliphatic rings. The lowest BCUT2D eigenvalue weighted by Gasteiger charge is -2.37. The molecule has 0 aliphatic carbocycles. The molecule has 0 saturated carbocycles. The van der Waals surface area contributed by atoms with Crippen LogP contribution in [-0.2, 0) is 4.79 Å². The fourth-order valence-electron chi connectivity index (χ4n) is 1.86. The van der Waals surface area contributed by atoms with Gasteiger partial charge in [-0.1, -0.05) is 6.92 Å². The van der Waals surface area contributed by atoms with E-state index in [-0.39, 0.29) is 11.9 Å². The quantitative estimate of drug-likeness (QED) is 0.654. The van der Waals surface area contributed by atoms with Gasteiger partial charge in [-0.05, 0) is 20.5 Å². The molecule has 1 saturated heterocycles. The summed E-state index contributed by atoms with van der Waals surface area (Å²) in [5.74, 6) is -0.0378. The molecule has 5 nitrogen and oxygen atoms in total. The summed E-state index contributed by atoms with van der Waals surface area (Å²) in [6.07, 6.45) is 0.687. The molecule has 1 aliphatic heterocycles. The van der Waals surface area contributed by atoms with Crippen LogP contribution in [0.1, 0.15) is 13.3 Å². The molecule has 0 bridgehead atoms. The third kappa shape index (κ3) is 3.73. The molecule has 0 aromatic carbocycles. The van der Waals surface area contributed by atoms with Gasteiger partial charge in [0.1, 0.15) is 0 Å². The number of piperazine rings is 1. The van der Waals surface area contributed by atoms with Crippen LogP contribution in [0, 0.1) is 0 Å². The summed E-state index contributed by atoms with van der Waals surface area (Å²) < 4.78 is 0. The van der Waals surface area contributed by atoms with E-state index >= 15 is 0 Å². The molecule has 1 amide bonds. The largest absolute Gasteiger partial charge is 0.353 e. The van der Waals surface area contributed by atoms with Crippen molar-refractivity contribution in [1.82, 2.24) is 15.1 Å². The maximum Gasteiger partial charge on any atom is 0.236 e. The monoisotopic (exact) mass is 228 g/mol. The van der Waals surface area contributed by atoms with E-state index in [9.17, 15) is 4.79 Å². The summed E-state index contributed by atoms with van der Waals surface area (Å²) in [7, 11) is 4.21. The molecule has 2 unspecified atom stereocenters. The number of amides is 1. The highest BCUT2D eigenvalue weighted by Crippen LogP contribution is 2.04. The number of hydrogen-bond acceptors (Lipinski definition) is 4. The summed E-state index contributed by atoms with van der Waals surface area (Å²) in [4.78, 5) is 16.1. The zero-order chi connectivity index (χ0) is 12.1. The summed E-state index contributed by atoms with van der Waals surface area (Å²) in [6, 6.07) is 0.0263. The lowest BCUT2D eigenvalue weighted by Crippen LogP contribution is -2.55. The predicted octanol–water partition coefficient (Wildman–Crippen LogP) is -0.914. The minimum absolute atomic E-state index is 0.0378. The molecule has 3 N–H and O–H groups in total. The van der Waals surface area contributed by atoms with Crippen molar-refractivity contribution in [3.05, 3.63) is 0 Å². The Morgan fingerprint density at radius 1 is 1.50 bits per heavy atom. The van der Waals surface area contributed by atoms with Crippen LogP contribution in [0.2, 0.25) is 0 Å². The van der Waals surface area contributed by atoms with Gasteiger partial charge in [-0.25, -0.2) is 0 Å². The molecule has 2 atom stereocenters. The van der Waals surface area contributed by atoms with Crippen molar-refractivity contribution in [3.63, 3.8) is 0 Å². The Morgan fingerprint density at radius 3 is 2.81 bits per heavy atom. The molecule has 0 aromatic rings. The fraction of sp³-hybridized carbons (Fsp3) is 0.909. The Balaban J connectivity index is 2.33. The van der Waals surface area contributed by atoms with Crippen molar-refractivity contribution >= 4 is 5.91 Å². The van der Waals surface area contributed by atoms with Crippen molar-refractivity contribution in [2.24, 2.45) is 5.73 Å². The Labute approximate surface area is 98.0 Å². The topological polar surface area (TPSA) is 61.6 Å². The summed E-state index contributed by atoms with van der Waals surface area (Å²) in [6.45, 7) is 5.75. The van der Waals surface area contributed by atoms with Gasteiger partial charge in [0, 0.05) is 32.2 Å². The molecule has 1 fully saturated rings. The van der Waals surface area contributed by atoms with Gasteiger partial charge in [0.15, 0.2) is 0 Å². The van der Waals surface area contributed by atoms with E-state index in [1.165, 1.54) is 0 Å². The summed E-state index contributed by atoms with van der Waals surface area (Å²) >= 11 is 0. The first-order valence-corrected chi connectivity index (χ1v) is 5.96. The van der Waals surface area contributed by atoms with Crippen molar-refractivity contribution in [1.29, 1.82) is 0 Å². The number of nitrogens with zero attached hydrogens (tertiary/aromatic N) is 2. The first-order chi connectivity index (χ1) is 7.54. The van der Waals surface area contributed by atoms with Crippen molar-refractivity contribution < 1.29 is 4.79 Å². The van der Waals surface area contributed by atoms with Crippen molar-refractivity contribution in [3.8, 4) is 0 Å². The Morgan fingerprint density at radius 2 is 2.19 bits per heavy atom. The second-order valence-electron chi connectivity index (χ2n) is 4.66. The van der Waals surface area contributed by atoms with Crippen LogP contribution in [0.3, 0.4) is 0 Å². The highest BCUT2D eigenvalue weighted by atomic mass is 16.2. The Kier molecular flexibility index (Phi) is 5.18. The number of nitrogens with two attached hydrogens (primary N) is 1. The number of nitrogens with one attached hydrogen (secondary N) is 1. The van der Waals surface area contributed by atoms with Gasteiger partial charge in [-0.15, -0.1) is 0 Å². The molecule has 1 rings (SSSR count). The van der Waals surface area contributed by atoms with Gasteiger partial charge in [-0.2, -0.15) is 0 Å². The van der Waals surface area contributed by atoms with Gasteiger partial charge < -0.3 is 16.0 Å². The maximum absolute atomic E-state index is 11.5. The Bertz CT molecular complexity index is 234. The SMILES string of the molecule is CCC(N)C(=O)NCC1CN(C)CCN1C. The molecule has 16 heavy (non-hydrogen) atoms. The minimum atomic E-state index is -0.369. The predicted molar refractivity (Wildman–Crippen MR) is 65.2 cm³/mol. The number of hydrogen-bond donors (Lipinski definition) is 2. The van der Waals surface area contributed by atoms with E-state index in [1.54, 1.807) is 0 Å². The second kappa shape index (κ2) is 6.18. The first-order valence-electron chi connectivity index (χ1n) is 5.96. The van der Waals surface area contributed by atoms with Gasteiger partial charge >= 0.3 is 0 Å². The average Bonchev–Trinajstić information content (AvgIpc) is 2.28. The molecule has 0 radical (unpaired) electrons. The number of carbonyl (C=O) groups is 1. The highest BCUT2D eigenvalue weighted by molar-refractivity contribution is 5.81. The van der Waals surface area contributed by atoms with Crippen LogP contribution >= 0.6 is 0 Å². The van der Waals surface area contributed by atoms with Crippen molar-refractivity contribution in [2.75, 3.05) is 40.3 Å². The normalized spacial score (nSPS) is 25.4. The van der Waals surface area contributed by atoms with Crippen LogP contribution in [0.15, 0.2) is 0 Å². The van der Waals surface area contributed by atoms with Gasteiger partial charge in [0.2, 0.25) is 5.91 Å². The summed E-state index contributed by atoms with van der Waals surface area (Å²) in [5.41, 5.74) is 5.66. The molecule has 0 spiro atoms. The van der Waals surface area contributed by atoms with Crippen LogP contribution in [-0.4, -0.2) is 68.1 Å². The number of likely N-dealkylation sites (N-methyl/N-ethyl adjacent to an activating group) is 2. The maximum atomic E-state index is 11.5. The fourth-order valence-corrected chi connectivity index (χ4v) is 1.86. The third-order valence-corrected chi connectivity index (χ3v) is 3.27. The van der Waals surface area contributed by atoms with Crippen LogP contribution in [0.5, 0.6) is 0 Å². The second-order valence-corrected chi connectivity index (χ2v) is 4.66. The molecular weight excluding hydrogens is 204 g/mol. The minimum Gasteiger partial charge on any atom is -0.353 e. The van der Waals surface area contributed by atoms with Gasteiger partial charge in [0.25, 0.3) is 0 Å². The van der Waals surface area contributed by atoms with Gasteiger partial charge in [0.05, 0.1) is 6.04 Å². The third-order valence-electron chi connectivity index (χ3n) is 3.27. The van der Waals surface area contributed by atoms with E-state index in [4.69, 9.17) is 5.73 Å². The average molecular weight is 228 g/mol. The van der Waals surface area contributed by atoms with E-state index in [0.717, 1.165) is 19.6 Å². The van der Waals surface area contributed by atoms with Crippen molar-refractivity contribution in [2.45, 2.75) is 25.4 Å². The Hall–Kier alpha value is -0.650. The number of rotatable bonds is 4. The zero-order valence-corrected chi connectivity index (χ0v) is 10.6. The first kappa shape index (κ1) is 13.4. The molecule has 0 aromatic heterocycles. The van der Waals surface area contributed by atoms with Crippen LogP contribution < -0.4 is 11.1 Å². The molecule has 5 heteroatoms. The lowest BCUT2D eigenvalue weighted by atomic mass is 10.1. The standard InChI is InChI=1S/C11H24N4O/c1-4-10(12)11(16)13-7-9-8-14(2)5-6-15(9)3/h9-10H,4-8,12H2,1-3H3,(H,13,16). The van der Waals surface area contributed by atoms with Crippen LogP contribution in [0.25, 0.3) is 0 Å². The van der Waals surface area contributed by atoms with E-state index in [1.807, 2.05) is 6.92 Å². The number of carbonyl (C=O) groups excluding carboxylic acids is 1. The van der Waals surface area contributed by atoms with E-state index < -0.39 is 0 Å². The highest BCUT2D eigenvalue weighted by Gasteiger charge is 2.23. The van der Waals surface area contributed by atoms with E-state index in [2.05, 4.69) is 29.2 Å².